The number of nitrogens with zero attached hydrogens (tertiary/aromatic N) is 2. The Kier molecular flexibility index (Phi) is 3.52. The maximum absolute atomic E-state index is 11.2. The molecule has 5 heteroatoms. The summed E-state index contributed by atoms with van der Waals surface area (Å²) in [5, 5.41) is 13.3. The second kappa shape index (κ2) is 4.94. The summed E-state index contributed by atoms with van der Waals surface area (Å²) in [6.45, 7) is 3.91. The fourth-order valence-electron chi connectivity index (χ4n) is 1.87. The molecule has 0 saturated heterocycles. The predicted molar refractivity (Wildman–Crippen MR) is 72.3 cm³/mol. The van der Waals surface area contributed by atoms with Gasteiger partial charge in [0.1, 0.15) is 5.56 Å². The molecule has 0 unspecified atom stereocenters. The molecule has 18 heavy (non-hydrogen) atoms. The molecular weight excluding hydrogens is 296 g/mol. The summed E-state index contributed by atoms with van der Waals surface area (Å²) in [6.07, 6.45) is 1.40. The van der Waals surface area contributed by atoms with Crippen molar-refractivity contribution < 1.29 is 9.90 Å². The molecule has 0 atom stereocenters. The van der Waals surface area contributed by atoms with Gasteiger partial charge in [0.05, 0.1) is 17.6 Å². The van der Waals surface area contributed by atoms with Crippen molar-refractivity contribution in [2.75, 3.05) is 0 Å². The first-order valence-corrected chi connectivity index (χ1v) is 6.37. The lowest BCUT2D eigenvalue weighted by Crippen LogP contribution is -2.08. The van der Waals surface area contributed by atoms with Gasteiger partial charge in [-0.25, -0.2) is 9.48 Å². The van der Waals surface area contributed by atoms with E-state index in [0.29, 0.717) is 5.69 Å². The number of rotatable bonds is 3. The van der Waals surface area contributed by atoms with Gasteiger partial charge in [-0.3, -0.25) is 0 Å². The van der Waals surface area contributed by atoms with E-state index in [1.807, 2.05) is 38.1 Å². The Morgan fingerprint density at radius 1 is 1.33 bits per heavy atom. The average molecular weight is 309 g/mol. The SMILES string of the molecule is CC(C)c1c(C(=O)O)cnn1-c1ccc(Br)cc1. The molecule has 1 N–H and O–H groups in total. The minimum Gasteiger partial charge on any atom is -0.478 e. The zero-order valence-electron chi connectivity index (χ0n) is 10.1. The van der Waals surface area contributed by atoms with Crippen LogP contribution in [0.25, 0.3) is 5.69 Å². The number of hydrogen-bond acceptors (Lipinski definition) is 2. The molecule has 4 nitrogen and oxygen atoms in total. The van der Waals surface area contributed by atoms with E-state index in [0.717, 1.165) is 10.2 Å². The molecule has 0 aliphatic carbocycles. The molecule has 0 aliphatic heterocycles. The van der Waals surface area contributed by atoms with Crippen LogP contribution in [0.2, 0.25) is 0 Å². The van der Waals surface area contributed by atoms with Crippen LogP contribution in [0.5, 0.6) is 0 Å². The number of aromatic carboxylic acids is 1. The maximum atomic E-state index is 11.2. The average Bonchev–Trinajstić information content (AvgIpc) is 2.74. The lowest BCUT2D eigenvalue weighted by atomic mass is 10.1. The van der Waals surface area contributed by atoms with Crippen molar-refractivity contribution in [2.24, 2.45) is 0 Å². The Labute approximate surface area is 113 Å². The fourth-order valence-corrected chi connectivity index (χ4v) is 2.13. The topological polar surface area (TPSA) is 55.1 Å². The van der Waals surface area contributed by atoms with Gasteiger partial charge in [0.15, 0.2) is 0 Å². The minimum absolute atomic E-state index is 0.0854. The Balaban J connectivity index is 2.57. The number of benzene rings is 1. The largest absolute Gasteiger partial charge is 0.478 e. The second-order valence-corrected chi connectivity index (χ2v) is 5.21. The smallest absolute Gasteiger partial charge is 0.339 e. The lowest BCUT2D eigenvalue weighted by Gasteiger charge is -2.11. The molecule has 1 aromatic heterocycles. The third kappa shape index (κ3) is 2.31. The van der Waals surface area contributed by atoms with Gasteiger partial charge in [0, 0.05) is 4.47 Å². The maximum Gasteiger partial charge on any atom is 0.339 e. The van der Waals surface area contributed by atoms with E-state index in [1.165, 1.54) is 6.20 Å². The number of carboxylic acids is 1. The fraction of sp³-hybridized carbons (Fsp3) is 0.231. The minimum atomic E-state index is -0.943. The number of halogens is 1. The predicted octanol–water partition coefficient (Wildman–Crippen LogP) is 3.46. The standard InChI is InChI=1S/C13H13BrN2O2/c1-8(2)12-11(13(17)18)7-15-16(12)10-5-3-9(14)4-6-10/h3-8H,1-2H3,(H,17,18). The van der Waals surface area contributed by atoms with Gasteiger partial charge >= 0.3 is 5.97 Å². The van der Waals surface area contributed by atoms with E-state index in [9.17, 15) is 4.79 Å². The van der Waals surface area contributed by atoms with Crippen LogP contribution < -0.4 is 0 Å². The molecule has 1 aromatic carbocycles. The summed E-state index contributed by atoms with van der Waals surface area (Å²) in [6, 6.07) is 7.60. The van der Waals surface area contributed by atoms with E-state index in [2.05, 4.69) is 21.0 Å². The van der Waals surface area contributed by atoms with Crippen molar-refractivity contribution in [3.63, 3.8) is 0 Å². The van der Waals surface area contributed by atoms with Gasteiger partial charge < -0.3 is 5.11 Å². The van der Waals surface area contributed by atoms with E-state index in [4.69, 9.17) is 5.11 Å². The summed E-state index contributed by atoms with van der Waals surface area (Å²) in [5.41, 5.74) is 1.83. The monoisotopic (exact) mass is 308 g/mol. The highest BCUT2D eigenvalue weighted by molar-refractivity contribution is 9.10. The van der Waals surface area contributed by atoms with Crippen molar-refractivity contribution in [1.82, 2.24) is 9.78 Å². The quantitative estimate of drug-likeness (QED) is 0.944. The van der Waals surface area contributed by atoms with Crippen LogP contribution in [0.3, 0.4) is 0 Å². The molecule has 0 saturated carbocycles. The van der Waals surface area contributed by atoms with Crippen LogP contribution in [-0.2, 0) is 0 Å². The summed E-state index contributed by atoms with van der Waals surface area (Å²) in [7, 11) is 0. The molecule has 0 spiro atoms. The third-order valence-electron chi connectivity index (χ3n) is 2.65. The second-order valence-electron chi connectivity index (χ2n) is 4.29. The zero-order valence-corrected chi connectivity index (χ0v) is 11.7. The molecule has 0 aliphatic rings. The summed E-state index contributed by atoms with van der Waals surface area (Å²) in [5.74, 6) is -0.857. The van der Waals surface area contributed by atoms with E-state index in [1.54, 1.807) is 4.68 Å². The third-order valence-corrected chi connectivity index (χ3v) is 3.18. The van der Waals surface area contributed by atoms with Crippen LogP contribution in [-0.4, -0.2) is 20.9 Å². The lowest BCUT2D eigenvalue weighted by molar-refractivity contribution is 0.0695. The molecule has 0 fully saturated rings. The zero-order chi connectivity index (χ0) is 13.3. The molecule has 0 radical (unpaired) electrons. The van der Waals surface area contributed by atoms with Crippen LogP contribution >= 0.6 is 15.9 Å². The Morgan fingerprint density at radius 3 is 2.44 bits per heavy atom. The number of aromatic nitrogens is 2. The van der Waals surface area contributed by atoms with Crippen molar-refractivity contribution in [1.29, 1.82) is 0 Å². The van der Waals surface area contributed by atoms with Gasteiger partial charge in [0.25, 0.3) is 0 Å². The Bertz CT molecular complexity index is 573. The normalized spacial score (nSPS) is 10.9. The van der Waals surface area contributed by atoms with Crippen LogP contribution in [0.4, 0.5) is 0 Å². The molecule has 2 rings (SSSR count). The first-order valence-electron chi connectivity index (χ1n) is 5.58. The van der Waals surface area contributed by atoms with E-state index in [-0.39, 0.29) is 11.5 Å². The first-order chi connectivity index (χ1) is 8.50. The highest BCUT2D eigenvalue weighted by atomic mass is 79.9. The van der Waals surface area contributed by atoms with Crippen molar-refractivity contribution in [3.8, 4) is 5.69 Å². The molecule has 2 aromatic rings. The van der Waals surface area contributed by atoms with Crippen LogP contribution in [0.1, 0.15) is 35.8 Å². The summed E-state index contributed by atoms with van der Waals surface area (Å²) < 4.78 is 2.66. The number of carboxylic acid groups (broad SMARTS) is 1. The van der Waals surface area contributed by atoms with Gasteiger partial charge in [-0.05, 0) is 30.2 Å². The van der Waals surface area contributed by atoms with E-state index < -0.39 is 5.97 Å². The Hall–Kier alpha value is -1.62. The Morgan fingerprint density at radius 2 is 1.94 bits per heavy atom. The molecule has 94 valence electrons. The van der Waals surface area contributed by atoms with E-state index >= 15 is 0 Å². The van der Waals surface area contributed by atoms with Crippen LogP contribution in [0.15, 0.2) is 34.9 Å². The van der Waals surface area contributed by atoms with Gasteiger partial charge in [0.2, 0.25) is 0 Å². The van der Waals surface area contributed by atoms with Gasteiger partial charge in [-0.15, -0.1) is 0 Å². The van der Waals surface area contributed by atoms with Gasteiger partial charge in [-0.1, -0.05) is 29.8 Å². The first kappa shape index (κ1) is 12.8. The number of carbonyl (C=O) groups is 1. The summed E-state index contributed by atoms with van der Waals surface area (Å²) >= 11 is 3.37. The highest BCUT2D eigenvalue weighted by Gasteiger charge is 2.19. The summed E-state index contributed by atoms with van der Waals surface area (Å²) in [4.78, 5) is 11.2. The van der Waals surface area contributed by atoms with Crippen molar-refractivity contribution in [2.45, 2.75) is 19.8 Å². The molecule has 0 bridgehead atoms. The van der Waals surface area contributed by atoms with Crippen LogP contribution in [0, 0.1) is 0 Å². The molecular formula is C13H13BrN2O2. The molecule has 1 heterocycles. The van der Waals surface area contributed by atoms with Crippen molar-refractivity contribution >= 4 is 21.9 Å². The molecule has 0 amide bonds. The number of hydrogen-bond donors (Lipinski definition) is 1. The van der Waals surface area contributed by atoms with Crippen molar-refractivity contribution in [3.05, 3.63) is 46.2 Å². The highest BCUT2D eigenvalue weighted by Crippen LogP contribution is 2.23. The van der Waals surface area contributed by atoms with Gasteiger partial charge in [-0.2, -0.15) is 5.10 Å².